The summed E-state index contributed by atoms with van der Waals surface area (Å²) in [7, 11) is -4.99. The van der Waals surface area contributed by atoms with E-state index in [2.05, 4.69) is 40.7 Å². The molecule has 0 aromatic carbocycles. The molecule has 0 amide bonds. The van der Waals surface area contributed by atoms with E-state index in [1.807, 2.05) is 0 Å². The molecule has 5 rings (SSSR count). The first-order chi connectivity index (χ1) is 15.8. The van der Waals surface area contributed by atoms with Crippen LogP contribution in [0.5, 0.6) is 0 Å². The first-order valence-corrected chi connectivity index (χ1v) is 14.5. The summed E-state index contributed by atoms with van der Waals surface area (Å²) in [4.78, 5) is 0. The van der Waals surface area contributed by atoms with Gasteiger partial charge in [-0.3, -0.25) is 4.18 Å². The van der Waals surface area contributed by atoms with Crippen molar-refractivity contribution in [2.45, 2.75) is 104 Å². The molecule has 1 saturated heterocycles. The number of aliphatic hydroxyl groups is 2. The summed E-state index contributed by atoms with van der Waals surface area (Å²) >= 11 is 0. The zero-order chi connectivity index (χ0) is 24.8. The van der Waals surface area contributed by atoms with Crippen LogP contribution in [0.2, 0.25) is 0 Å². The molecule has 1 unspecified atom stereocenters. The molecule has 0 aromatic heterocycles. The maximum Gasteiger partial charge on any atom is 1.00 e. The number of hydrogen-bond donors (Lipinski definition) is 2. The summed E-state index contributed by atoms with van der Waals surface area (Å²) in [6.45, 7) is 11.4. The zero-order valence-corrected chi connectivity index (χ0v) is 24.8. The van der Waals surface area contributed by atoms with Gasteiger partial charge in [0.1, 0.15) is 12.2 Å². The maximum absolute atomic E-state index is 11.4. The third kappa shape index (κ3) is 4.65. The number of fused-ring (bicyclic) bond motifs is 5. The molecule has 1 heterocycles. The summed E-state index contributed by atoms with van der Waals surface area (Å²) in [6.07, 6.45) is 4.63. The molecular weight excluding hydrogens is 479 g/mol. The molecule has 35 heavy (non-hydrogen) atoms. The minimum atomic E-state index is -4.99. The molecule has 0 radical (unpaired) electrons. The van der Waals surface area contributed by atoms with Gasteiger partial charge in [-0.2, -0.15) is 0 Å². The van der Waals surface area contributed by atoms with E-state index in [4.69, 9.17) is 8.92 Å². The number of hydrogen-bond acceptors (Lipinski definition) is 7. The third-order valence-electron chi connectivity index (χ3n) is 10.8. The van der Waals surface area contributed by atoms with Crippen molar-refractivity contribution in [3.63, 3.8) is 0 Å². The molecule has 2 N–H and O–H groups in total. The summed E-state index contributed by atoms with van der Waals surface area (Å²) < 4.78 is 45.2. The van der Waals surface area contributed by atoms with Crippen molar-refractivity contribution in [1.29, 1.82) is 0 Å². The maximum atomic E-state index is 11.4. The second-order valence-corrected chi connectivity index (χ2v) is 13.8. The molecule has 5 aliphatic rings. The van der Waals surface area contributed by atoms with Crippen LogP contribution in [0.4, 0.5) is 0 Å². The van der Waals surface area contributed by atoms with E-state index in [-0.39, 0.29) is 46.8 Å². The molecule has 4 aliphatic carbocycles. The predicted molar refractivity (Wildman–Crippen MR) is 125 cm³/mol. The van der Waals surface area contributed by atoms with Gasteiger partial charge in [-0.05, 0) is 84.9 Å². The van der Waals surface area contributed by atoms with E-state index >= 15 is 0 Å². The van der Waals surface area contributed by atoms with E-state index in [1.54, 1.807) is 0 Å². The van der Waals surface area contributed by atoms with Crippen LogP contribution in [0.3, 0.4) is 0 Å². The standard InChI is InChI=1S/C26H42O7S.Na/c1-13(2)22-23(32-22)14(3)16-8-9-17-15-6-7-19-24(33-34(29,30)31)21(28)20(27)12-26(19,5)18(15)10-11-25(16,17)4;/h6,13-14,16-24,27-28H,7-12H2,1-5H3,(H,29,30,31);/q;+1/p-1/t14-,16+,17-,18-,19?,20+,21-,22-,23-,24-,25+,26+;/m0./s1. The van der Waals surface area contributed by atoms with Crippen molar-refractivity contribution < 1.29 is 61.7 Å². The van der Waals surface area contributed by atoms with E-state index in [1.165, 1.54) is 12.0 Å². The third-order valence-corrected chi connectivity index (χ3v) is 11.3. The van der Waals surface area contributed by atoms with Gasteiger partial charge in [0.15, 0.2) is 0 Å². The molecule has 0 aromatic rings. The largest absolute Gasteiger partial charge is 1.00 e. The van der Waals surface area contributed by atoms with Gasteiger partial charge in [-0.15, -0.1) is 0 Å². The Morgan fingerprint density at radius 1 is 1.09 bits per heavy atom. The van der Waals surface area contributed by atoms with Crippen LogP contribution in [0.25, 0.3) is 0 Å². The number of rotatable bonds is 5. The summed E-state index contributed by atoms with van der Waals surface area (Å²) in [6, 6.07) is 0. The van der Waals surface area contributed by atoms with Gasteiger partial charge < -0.3 is 19.5 Å². The van der Waals surface area contributed by atoms with E-state index in [9.17, 15) is 23.2 Å². The fourth-order valence-electron chi connectivity index (χ4n) is 9.10. The molecule has 1 aliphatic heterocycles. The molecule has 3 saturated carbocycles. The first-order valence-electron chi connectivity index (χ1n) is 13.1. The Labute approximate surface area is 232 Å². The Balaban J connectivity index is 0.00000289. The molecule has 4 fully saturated rings. The summed E-state index contributed by atoms with van der Waals surface area (Å²) in [5.41, 5.74) is 1.23. The van der Waals surface area contributed by atoms with Crippen LogP contribution >= 0.6 is 0 Å². The van der Waals surface area contributed by atoms with Crippen LogP contribution in [0.15, 0.2) is 11.6 Å². The van der Waals surface area contributed by atoms with Gasteiger partial charge in [0.25, 0.3) is 0 Å². The number of allylic oxidation sites excluding steroid dienone is 2. The van der Waals surface area contributed by atoms with E-state index in [0.717, 1.165) is 19.3 Å². The normalized spacial score (nSPS) is 49.9. The monoisotopic (exact) mass is 520 g/mol. The van der Waals surface area contributed by atoms with Crippen molar-refractivity contribution in [3.05, 3.63) is 11.6 Å². The Morgan fingerprint density at radius 3 is 2.34 bits per heavy atom. The van der Waals surface area contributed by atoms with Crippen molar-refractivity contribution in [3.8, 4) is 0 Å². The van der Waals surface area contributed by atoms with Crippen molar-refractivity contribution in [2.24, 2.45) is 46.3 Å². The number of ether oxygens (including phenoxy) is 1. The average Bonchev–Trinajstić information content (AvgIpc) is 3.46. The average molecular weight is 521 g/mol. The van der Waals surface area contributed by atoms with Crippen LogP contribution in [-0.4, -0.2) is 53.7 Å². The molecule has 9 heteroatoms. The quantitative estimate of drug-likeness (QED) is 0.177. The molecular formula is C26H41NaO7S. The summed E-state index contributed by atoms with van der Waals surface area (Å²) in [5.74, 6) is 2.03. The van der Waals surface area contributed by atoms with Gasteiger partial charge in [0.2, 0.25) is 10.4 Å². The van der Waals surface area contributed by atoms with Gasteiger partial charge in [0.05, 0.1) is 18.3 Å². The van der Waals surface area contributed by atoms with E-state index < -0.39 is 34.1 Å². The first kappa shape index (κ1) is 28.5. The van der Waals surface area contributed by atoms with Crippen molar-refractivity contribution in [1.82, 2.24) is 0 Å². The Hall–Kier alpha value is 0.490. The summed E-state index contributed by atoms with van der Waals surface area (Å²) in [5, 5.41) is 21.2. The minimum absolute atomic E-state index is 0. The van der Waals surface area contributed by atoms with Crippen LogP contribution in [0, 0.1) is 46.3 Å². The van der Waals surface area contributed by atoms with Crippen LogP contribution in [0.1, 0.15) is 73.1 Å². The van der Waals surface area contributed by atoms with Crippen molar-refractivity contribution in [2.75, 3.05) is 0 Å². The van der Waals surface area contributed by atoms with Crippen LogP contribution in [-0.2, 0) is 19.3 Å². The molecule has 194 valence electrons. The zero-order valence-electron chi connectivity index (χ0n) is 22.0. The fourth-order valence-corrected chi connectivity index (χ4v) is 9.62. The fraction of sp³-hybridized carbons (Fsp3) is 0.923. The van der Waals surface area contributed by atoms with Crippen LogP contribution < -0.4 is 29.6 Å². The molecule has 12 atom stereocenters. The van der Waals surface area contributed by atoms with E-state index in [0.29, 0.717) is 48.7 Å². The van der Waals surface area contributed by atoms with Gasteiger partial charge in [-0.1, -0.05) is 46.3 Å². The van der Waals surface area contributed by atoms with Gasteiger partial charge in [0, 0.05) is 0 Å². The Bertz CT molecular complexity index is 953. The van der Waals surface area contributed by atoms with Crippen molar-refractivity contribution >= 4 is 10.4 Å². The second kappa shape index (κ2) is 9.60. The molecule has 7 nitrogen and oxygen atoms in total. The number of aliphatic hydroxyl groups excluding tert-OH is 2. The Kier molecular flexibility index (Phi) is 7.81. The second-order valence-electron chi connectivity index (χ2n) is 12.8. The Morgan fingerprint density at radius 2 is 1.74 bits per heavy atom. The minimum Gasteiger partial charge on any atom is -0.726 e. The topological polar surface area (TPSA) is 119 Å². The molecule has 0 spiro atoms. The number of epoxide rings is 1. The predicted octanol–water partition coefficient (Wildman–Crippen LogP) is 0.416. The van der Waals surface area contributed by atoms with Gasteiger partial charge in [-0.25, -0.2) is 8.42 Å². The van der Waals surface area contributed by atoms with Gasteiger partial charge >= 0.3 is 29.6 Å². The molecule has 0 bridgehead atoms. The smallest absolute Gasteiger partial charge is 0.726 e. The SMILES string of the molecule is CC(C)[C@@H]1O[C@H]1[C@@H](C)[C@H]1CC[C@H]2C3=CCC4[C@H](OS(=O)(=O)[O-])[C@@H](O)[C@H](O)C[C@]4(C)[C@H]3CC[C@]12C.[Na+].